The van der Waals surface area contributed by atoms with E-state index in [0.717, 1.165) is 35.5 Å². The number of carboxylic acids is 1. The van der Waals surface area contributed by atoms with Crippen molar-refractivity contribution in [3.63, 3.8) is 0 Å². The summed E-state index contributed by atoms with van der Waals surface area (Å²) in [5.74, 6) is -3.89. The zero-order chi connectivity index (χ0) is 14.2. The lowest BCUT2D eigenvalue weighted by atomic mass is 9.98. The van der Waals surface area contributed by atoms with Crippen molar-refractivity contribution >= 4 is 23.8 Å². The average molecular weight is 268 g/mol. The van der Waals surface area contributed by atoms with Crippen LogP contribution in [0.25, 0.3) is 0 Å². The smallest absolute Gasteiger partial charge is 0.333 e. The second-order valence-corrected chi connectivity index (χ2v) is 4.98. The van der Waals surface area contributed by atoms with Crippen LogP contribution in [0.4, 0.5) is 4.79 Å². The van der Waals surface area contributed by atoms with Crippen LogP contribution in [0, 0.1) is 5.92 Å². The van der Waals surface area contributed by atoms with E-state index in [2.05, 4.69) is 0 Å². The number of barbiturate groups is 1. The van der Waals surface area contributed by atoms with Crippen molar-refractivity contribution < 1.29 is 24.3 Å². The molecule has 1 aliphatic heterocycles. The lowest BCUT2D eigenvalue weighted by Crippen LogP contribution is -2.61. The minimum atomic E-state index is -1.28. The Kier molecular flexibility index (Phi) is 3.55. The fourth-order valence-electron chi connectivity index (χ4n) is 2.71. The van der Waals surface area contributed by atoms with Gasteiger partial charge in [-0.05, 0) is 12.8 Å². The van der Waals surface area contributed by atoms with E-state index in [-0.39, 0.29) is 6.04 Å². The Morgan fingerprint density at radius 1 is 1.21 bits per heavy atom. The first kappa shape index (κ1) is 13.5. The standard InChI is InChI=1S/C12H16N2O5/c1-13-10(17)8(6-9(15)16)11(18)14(12(13)19)7-4-2-3-5-7/h7-8H,2-6H2,1H3,(H,15,16). The summed E-state index contributed by atoms with van der Waals surface area (Å²) in [6, 6.07) is -0.838. The van der Waals surface area contributed by atoms with Crippen molar-refractivity contribution in [2.75, 3.05) is 7.05 Å². The highest BCUT2D eigenvalue weighted by atomic mass is 16.4. The van der Waals surface area contributed by atoms with Gasteiger partial charge < -0.3 is 5.11 Å². The Bertz CT molecular complexity index is 441. The second kappa shape index (κ2) is 4.99. The average Bonchev–Trinajstić information content (AvgIpc) is 2.86. The van der Waals surface area contributed by atoms with Crippen LogP contribution >= 0.6 is 0 Å². The predicted molar refractivity (Wildman–Crippen MR) is 63.0 cm³/mol. The number of amides is 4. The van der Waals surface area contributed by atoms with Gasteiger partial charge in [0.1, 0.15) is 5.92 Å². The van der Waals surface area contributed by atoms with Crippen LogP contribution in [0.1, 0.15) is 32.1 Å². The molecule has 7 nitrogen and oxygen atoms in total. The fraction of sp³-hybridized carbons (Fsp3) is 0.667. The number of imide groups is 2. The number of hydrogen-bond acceptors (Lipinski definition) is 4. The molecule has 1 saturated carbocycles. The van der Waals surface area contributed by atoms with Crippen molar-refractivity contribution in [1.82, 2.24) is 9.80 Å². The Hall–Kier alpha value is -1.92. The molecule has 0 aromatic heterocycles. The first-order chi connectivity index (χ1) is 8.93. The summed E-state index contributed by atoms with van der Waals surface area (Å²) >= 11 is 0. The third-order valence-electron chi connectivity index (χ3n) is 3.73. The zero-order valence-electron chi connectivity index (χ0n) is 10.7. The molecule has 19 heavy (non-hydrogen) atoms. The lowest BCUT2D eigenvalue weighted by Gasteiger charge is -2.37. The molecule has 4 amide bonds. The Balaban J connectivity index is 2.27. The third kappa shape index (κ3) is 2.32. The molecule has 0 spiro atoms. The molecule has 1 saturated heterocycles. The Morgan fingerprint density at radius 3 is 2.32 bits per heavy atom. The fourth-order valence-corrected chi connectivity index (χ4v) is 2.71. The summed E-state index contributed by atoms with van der Waals surface area (Å²) in [6.07, 6.45) is 2.74. The van der Waals surface area contributed by atoms with E-state index in [1.165, 1.54) is 7.05 Å². The minimum Gasteiger partial charge on any atom is -0.481 e. The van der Waals surface area contributed by atoms with Gasteiger partial charge in [-0.1, -0.05) is 12.8 Å². The number of nitrogens with zero attached hydrogens (tertiary/aromatic N) is 2. The van der Waals surface area contributed by atoms with Gasteiger partial charge in [-0.15, -0.1) is 0 Å². The molecule has 7 heteroatoms. The summed E-state index contributed by atoms with van der Waals surface area (Å²) < 4.78 is 0. The van der Waals surface area contributed by atoms with Gasteiger partial charge in [0.2, 0.25) is 11.8 Å². The van der Waals surface area contributed by atoms with E-state index < -0.39 is 36.2 Å². The van der Waals surface area contributed by atoms with Gasteiger partial charge in [-0.3, -0.25) is 24.2 Å². The third-order valence-corrected chi connectivity index (χ3v) is 3.73. The topological polar surface area (TPSA) is 95.0 Å². The SMILES string of the molecule is CN1C(=O)C(CC(=O)O)C(=O)N(C2CCCC2)C1=O. The molecule has 1 aliphatic carbocycles. The summed E-state index contributed by atoms with van der Waals surface area (Å²) in [7, 11) is 1.29. The Morgan fingerprint density at radius 2 is 1.79 bits per heavy atom. The van der Waals surface area contributed by atoms with Crippen LogP contribution in [0.5, 0.6) is 0 Å². The maximum absolute atomic E-state index is 12.2. The van der Waals surface area contributed by atoms with Crippen LogP contribution < -0.4 is 0 Å². The maximum atomic E-state index is 12.2. The molecule has 2 rings (SSSR count). The summed E-state index contributed by atoms with van der Waals surface area (Å²) in [5, 5.41) is 8.78. The van der Waals surface area contributed by atoms with Crippen molar-refractivity contribution in [3.05, 3.63) is 0 Å². The second-order valence-electron chi connectivity index (χ2n) is 4.98. The van der Waals surface area contributed by atoms with Gasteiger partial charge >= 0.3 is 12.0 Å². The molecule has 2 fully saturated rings. The number of carbonyl (C=O) groups excluding carboxylic acids is 3. The highest BCUT2D eigenvalue weighted by molar-refractivity contribution is 6.17. The largest absolute Gasteiger partial charge is 0.481 e. The van der Waals surface area contributed by atoms with Gasteiger partial charge in [-0.25, -0.2) is 4.79 Å². The van der Waals surface area contributed by atoms with Crippen molar-refractivity contribution in [1.29, 1.82) is 0 Å². The Labute approximate surface area is 110 Å². The summed E-state index contributed by atoms with van der Waals surface area (Å²) in [6.45, 7) is 0. The molecular weight excluding hydrogens is 252 g/mol. The van der Waals surface area contributed by atoms with E-state index in [9.17, 15) is 19.2 Å². The first-order valence-electron chi connectivity index (χ1n) is 6.30. The number of rotatable bonds is 3. The van der Waals surface area contributed by atoms with Gasteiger partial charge in [0, 0.05) is 13.1 Å². The van der Waals surface area contributed by atoms with E-state index in [0.29, 0.717) is 0 Å². The molecule has 1 heterocycles. The quantitative estimate of drug-likeness (QED) is 0.749. The van der Waals surface area contributed by atoms with E-state index in [4.69, 9.17) is 5.11 Å². The highest BCUT2D eigenvalue weighted by Crippen LogP contribution is 2.29. The van der Waals surface area contributed by atoms with Gasteiger partial charge in [-0.2, -0.15) is 0 Å². The molecule has 1 N–H and O–H groups in total. The van der Waals surface area contributed by atoms with Crippen LogP contribution in [-0.2, 0) is 14.4 Å². The molecule has 1 unspecified atom stereocenters. The molecule has 0 aromatic carbocycles. The molecule has 1 atom stereocenters. The molecule has 0 aromatic rings. The number of aliphatic carboxylic acids is 1. The van der Waals surface area contributed by atoms with Crippen molar-refractivity contribution in [2.24, 2.45) is 5.92 Å². The number of carboxylic acid groups (broad SMARTS) is 1. The van der Waals surface area contributed by atoms with E-state index in [1.54, 1.807) is 0 Å². The summed E-state index contributed by atoms with van der Waals surface area (Å²) in [5.41, 5.74) is 0. The predicted octanol–water partition coefficient (Wildman–Crippen LogP) is 0.440. The summed E-state index contributed by atoms with van der Waals surface area (Å²) in [4.78, 5) is 48.8. The molecule has 104 valence electrons. The molecular formula is C12H16N2O5. The van der Waals surface area contributed by atoms with Crippen molar-refractivity contribution in [3.8, 4) is 0 Å². The molecule has 0 bridgehead atoms. The van der Waals surface area contributed by atoms with Crippen LogP contribution in [-0.4, -0.2) is 51.8 Å². The highest BCUT2D eigenvalue weighted by Gasteiger charge is 2.47. The molecule has 0 radical (unpaired) electrons. The number of carbonyl (C=O) groups is 4. The minimum absolute atomic E-state index is 0.202. The van der Waals surface area contributed by atoms with Crippen LogP contribution in [0.15, 0.2) is 0 Å². The monoisotopic (exact) mass is 268 g/mol. The molecule has 2 aliphatic rings. The van der Waals surface area contributed by atoms with E-state index in [1.807, 2.05) is 0 Å². The number of urea groups is 1. The zero-order valence-corrected chi connectivity index (χ0v) is 10.7. The number of hydrogen-bond donors (Lipinski definition) is 1. The van der Waals surface area contributed by atoms with Crippen LogP contribution in [0.3, 0.4) is 0 Å². The van der Waals surface area contributed by atoms with Crippen LogP contribution in [0.2, 0.25) is 0 Å². The maximum Gasteiger partial charge on any atom is 0.333 e. The first-order valence-corrected chi connectivity index (χ1v) is 6.30. The van der Waals surface area contributed by atoms with Crippen molar-refractivity contribution in [2.45, 2.75) is 38.1 Å². The van der Waals surface area contributed by atoms with Gasteiger partial charge in [0.15, 0.2) is 0 Å². The van der Waals surface area contributed by atoms with Gasteiger partial charge in [0.25, 0.3) is 0 Å². The van der Waals surface area contributed by atoms with E-state index >= 15 is 0 Å². The van der Waals surface area contributed by atoms with Gasteiger partial charge in [0.05, 0.1) is 6.42 Å². The normalized spacial score (nSPS) is 25.3. The lowest BCUT2D eigenvalue weighted by molar-refractivity contribution is -0.155.